The minimum atomic E-state index is -0.110. The maximum Gasteiger partial charge on any atom is 0.0548 e. The molecule has 3 heteroatoms. The summed E-state index contributed by atoms with van der Waals surface area (Å²) < 4.78 is 4.85. The Morgan fingerprint density at radius 3 is 1.41 bits per heavy atom. The van der Waals surface area contributed by atoms with Gasteiger partial charge in [0.2, 0.25) is 0 Å². The molecule has 66 heavy (non-hydrogen) atoms. The summed E-state index contributed by atoms with van der Waals surface area (Å²) in [6, 6.07) is 86.8. The lowest BCUT2D eigenvalue weighted by atomic mass is 9.82. The molecule has 1 aliphatic carbocycles. The Bertz CT molecular complexity index is 3800. The van der Waals surface area contributed by atoms with Crippen LogP contribution in [0.15, 0.2) is 237 Å². The van der Waals surface area contributed by atoms with Crippen LogP contribution in [0.25, 0.3) is 88.4 Å². The molecule has 2 aromatic heterocycles. The molecule has 0 radical (unpaired) electrons. The molecule has 0 unspecified atom stereocenters. The highest BCUT2D eigenvalue weighted by Gasteiger charge is 2.35. The maximum absolute atomic E-state index is 2.43. The molecule has 0 bridgehead atoms. The summed E-state index contributed by atoms with van der Waals surface area (Å²) >= 11 is 0. The van der Waals surface area contributed by atoms with Gasteiger partial charge in [-0.2, -0.15) is 0 Å². The Balaban J connectivity index is 0.956. The number of anilines is 3. The lowest BCUT2D eigenvalue weighted by Gasteiger charge is -2.28. The lowest BCUT2D eigenvalue weighted by Crippen LogP contribution is -2.16. The molecular formula is C63H45N3. The van der Waals surface area contributed by atoms with Crippen LogP contribution < -0.4 is 4.90 Å². The summed E-state index contributed by atoms with van der Waals surface area (Å²) in [6.45, 7) is 4.71. The molecule has 10 aromatic carbocycles. The van der Waals surface area contributed by atoms with Gasteiger partial charge in [0.15, 0.2) is 0 Å². The molecule has 0 fully saturated rings. The lowest BCUT2D eigenvalue weighted by molar-refractivity contribution is 0.660. The van der Waals surface area contributed by atoms with Crippen LogP contribution in [0.2, 0.25) is 0 Å². The molecule has 0 N–H and O–H groups in total. The van der Waals surface area contributed by atoms with Gasteiger partial charge in [0.05, 0.1) is 22.1 Å². The summed E-state index contributed by atoms with van der Waals surface area (Å²) in [5.74, 6) is 0. The Morgan fingerprint density at radius 1 is 0.303 bits per heavy atom. The monoisotopic (exact) mass is 843 g/mol. The number of hydrogen-bond donors (Lipinski definition) is 0. The van der Waals surface area contributed by atoms with E-state index in [1.807, 2.05) is 0 Å². The van der Waals surface area contributed by atoms with Gasteiger partial charge in [0, 0.05) is 55.4 Å². The van der Waals surface area contributed by atoms with E-state index in [0.29, 0.717) is 0 Å². The third kappa shape index (κ3) is 5.90. The van der Waals surface area contributed by atoms with E-state index in [9.17, 15) is 0 Å². The second-order valence-corrected chi connectivity index (χ2v) is 18.2. The first-order valence-corrected chi connectivity index (χ1v) is 22.9. The number of aromatic nitrogens is 2. The van der Waals surface area contributed by atoms with Crippen LogP contribution in [-0.4, -0.2) is 9.13 Å². The highest BCUT2D eigenvalue weighted by atomic mass is 15.1. The predicted octanol–water partition coefficient (Wildman–Crippen LogP) is 17.0. The smallest absolute Gasteiger partial charge is 0.0548 e. The third-order valence-corrected chi connectivity index (χ3v) is 14.1. The minimum Gasteiger partial charge on any atom is -0.310 e. The molecule has 0 amide bonds. The van der Waals surface area contributed by atoms with Gasteiger partial charge in [-0.1, -0.05) is 159 Å². The van der Waals surface area contributed by atoms with E-state index < -0.39 is 0 Å². The normalized spacial score (nSPS) is 12.8. The Labute approximate surface area is 384 Å². The zero-order valence-corrected chi connectivity index (χ0v) is 36.9. The van der Waals surface area contributed by atoms with Crippen molar-refractivity contribution in [2.45, 2.75) is 19.3 Å². The third-order valence-electron chi connectivity index (χ3n) is 14.1. The molecule has 12 aromatic rings. The van der Waals surface area contributed by atoms with E-state index in [1.54, 1.807) is 0 Å². The van der Waals surface area contributed by atoms with Crippen molar-refractivity contribution in [2.24, 2.45) is 0 Å². The van der Waals surface area contributed by atoms with E-state index in [0.717, 1.165) is 28.4 Å². The second kappa shape index (κ2) is 14.8. The molecular weight excluding hydrogens is 799 g/mol. The van der Waals surface area contributed by atoms with Gasteiger partial charge in [0.1, 0.15) is 0 Å². The number of rotatable bonds is 7. The number of hydrogen-bond acceptors (Lipinski definition) is 1. The molecule has 0 spiro atoms. The highest BCUT2D eigenvalue weighted by molar-refractivity contribution is 6.19. The molecule has 13 rings (SSSR count). The van der Waals surface area contributed by atoms with Crippen molar-refractivity contribution in [1.29, 1.82) is 0 Å². The van der Waals surface area contributed by atoms with E-state index in [4.69, 9.17) is 0 Å². The summed E-state index contributed by atoms with van der Waals surface area (Å²) in [7, 11) is 0. The van der Waals surface area contributed by atoms with Gasteiger partial charge in [-0.3, -0.25) is 0 Å². The zero-order valence-electron chi connectivity index (χ0n) is 36.9. The summed E-state index contributed by atoms with van der Waals surface area (Å²) in [4.78, 5) is 2.41. The molecule has 1 aliphatic rings. The van der Waals surface area contributed by atoms with Crippen molar-refractivity contribution in [1.82, 2.24) is 9.13 Å². The van der Waals surface area contributed by atoms with Crippen molar-refractivity contribution < 1.29 is 0 Å². The average Bonchev–Trinajstić information content (AvgIpc) is 3.96. The van der Waals surface area contributed by atoms with Gasteiger partial charge >= 0.3 is 0 Å². The fraction of sp³-hybridized carbons (Fsp3) is 0.0476. The topological polar surface area (TPSA) is 13.1 Å². The number of fused-ring (bicyclic) bond motifs is 9. The standard InChI is InChI=1S/C63H45N3/c1-63(2)57-24-14-12-22-51(57)52-36-35-50(39-58(52)63)64(48-31-26-43(27-32-48)42-16-6-3-7-17-42)49-33-28-44(29-34-49)45-30-37-60-54(38-45)56-41-61-55(40-62(56)66(60)47-20-10-5-11-21-47)53-23-13-15-25-59(53)65(61)46-18-8-4-9-19-46/h3-41H,1-2H3. The summed E-state index contributed by atoms with van der Waals surface area (Å²) in [5, 5.41) is 4.95. The van der Waals surface area contributed by atoms with Crippen molar-refractivity contribution in [3.8, 4) is 44.8 Å². The first-order chi connectivity index (χ1) is 32.5. The van der Waals surface area contributed by atoms with E-state index in [2.05, 4.69) is 264 Å². The Morgan fingerprint density at radius 2 is 0.758 bits per heavy atom. The van der Waals surface area contributed by atoms with E-state index in [1.165, 1.54) is 88.1 Å². The van der Waals surface area contributed by atoms with Crippen LogP contribution >= 0.6 is 0 Å². The van der Waals surface area contributed by atoms with Gasteiger partial charge < -0.3 is 14.0 Å². The minimum absolute atomic E-state index is 0.110. The van der Waals surface area contributed by atoms with Crippen molar-refractivity contribution in [3.63, 3.8) is 0 Å². The molecule has 3 nitrogen and oxygen atoms in total. The number of benzene rings is 10. The zero-order chi connectivity index (χ0) is 43.9. The van der Waals surface area contributed by atoms with E-state index >= 15 is 0 Å². The van der Waals surface area contributed by atoms with Crippen LogP contribution in [0.1, 0.15) is 25.0 Å². The van der Waals surface area contributed by atoms with Crippen molar-refractivity contribution in [2.75, 3.05) is 4.90 Å². The maximum atomic E-state index is 2.43. The summed E-state index contributed by atoms with van der Waals surface area (Å²) in [5.41, 5.74) is 20.5. The van der Waals surface area contributed by atoms with Crippen LogP contribution in [0.4, 0.5) is 17.1 Å². The fourth-order valence-corrected chi connectivity index (χ4v) is 10.9. The second-order valence-electron chi connectivity index (χ2n) is 18.2. The Hall–Kier alpha value is -8.40. The largest absolute Gasteiger partial charge is 0.310 e. The quantitative estimate of drug-likeness (QED) is 0.156. The number of nitrogens with zero attached hydrogens (tertiary/aromatic N) is 3. The average molecular weight is 844 g/mol. The van der Waals surface area contributed by atoms with Crippen molar-refractivity contribution in [3.05, 3.63) is 248 Å². The predicted molar refractivity (Wildman–Crippen MR) is 278 cm³/mol. The van der Waals surface area contributed by atoms with Gasteiger partial charge in [-0.15, -0.1) is 0 Å². The molecule has 2 heterocycles. The molecule has 0 saturated carbocycles. The molecule has 0 aliphatic heterocycles. The van der Waals surface area contributed by atoms with Crippen molar-refractivity contribution >= 4 is 60.7 Å². The van der Waals surface area contributed by atoms with Crippen LogP contribution in [0, 0.1) is 0 Å². The molecule has 0 saturated heterocycles. The van der Waals surface area contributed by atoms with Gasteiger partial charge in [0.25, 0.3) is 0 Å². The SMILES string of the molecule is CC1(C)c2ccccc2-c2ccc(N(c3ccc(-c4ccccc4)cc3)c3ccc(-c4ccc5c(c4)c4cc6c(cc4n5-c4ccccc4)c4ccccc4n6-c4ccccc4)cc3)cc21. The van der Waals surface area contributed by atoms with E-state index in [-0.39, 0.29) is 5.41 Å². The fourth-order valence-electron chi connectivity index (χ4n) is 10.9. The van der Waals surface area contributed by atoms with Crippen LogP contribution in [-0.2, 0) is 5.41 Å². The van der Waals surface area contributed by atoms with Gasteiger partial charge in [-0.25, -0.2) is 0 Å². The number of para-hydroxylation sites is 3. The first kappa shape index (κ1) is 38.1. The molecule has 312 valence electrons. The van der Waals surface area contributed by atoms with Crippen LogP contribution in [0.3, 0.4) is 0 Å². The first-order valence-electron chi connectivity index (χ1n) is 22.9. The Kier molecular flexibility index (Phi) is 8.56. The highest BCUT2D eigenvalue weighted by Crippen LogP contribution is 2.51. The van der Waals surface area contributed by atoms with Crippen LogP contribution in [0.5, 0.6) is 0 Å². The summed E-state index contributed by atoms with van der Waals surface area (Å²) in [6.07, 6.45) is 0. The molecule has 0 atom stereocenters. The van der Waals surface area contributed by atoms with Gasteiger partial charge in [-0.05, 0) is 136 Å².